The van der Waals surface area contributed by atoms with Crippen LogP contribution < -0.4 is 15.8 Å². The van der Waals surface area contributed by atoms with Gasteiger partial charge in [0, 0.05) is 16.0 Å². The Morgan fingerprint density at radius 1 is 1.41 bits per heavy atom. The van der Waals surface area contributed by atoms with E-state index in [0.717, 1.165) is 28.4 Å². The van der Waals surface area contributed by atoms with Crippen molar-refractivity contribution < 1.29 is 9.84 Å². The number of hydrogen-bond acceptors (Lipinski definition) is 5. The van der Waals surface area contributed by atoms with Crippen molar-refractivity contribution in [2.45, 2.75) is 23.8 Å². The Labute approximate surface area is 135 Å². The minimum absolute atomic E-state index is 0.135. The van der Waals surface area contributed by atoms with Gasteiger partial charge in [0.2, 0.25) is 0 Å². The summed E-state index contributed by atoms with van der Waals surface area (Å²) >= 11 is 1.67. The average molecular weight is 318 g/mol. The maximum Gasteiger partial charge on any atom is 0.143 e. The molecule has 0 amide bonds. The maximum atomic E-state index is 10.4. The van der Waals surface area contributed by atoms with Crippen LogP contribution in [0.3, 0.4) is 0 Å². The third-order valence-corrected chi connectivity index (χ3v) is 4.88. The molecule has 1 aromatic carbocycles. The van der Waals surface area contributed by atoms with Crippen LogP contribution in [0.25, 0.3) is 5.57 Å². The smallest absolute Gasteiger partial charge is 0.143 e. The highest BCUT2D eigenvalue weighted by molar-refractivity contribution is 7.98. The molecule has 0 saturated heterocycles. The molecule has 0 radical (unpaired) electrons. The van der Waals surface area contributed by atoms with Gasteiger partial charge in [-0.2, -0.15) is 0 Å². The molecule has 2 aliphatic carbocycles. The summed E-state index contributed by atoms with van der Waals surface area (Å²) in [6, 6.07) is 5.95. The second-order valence-corrected chi connectivity index (χ2v) is 6.65. The Morgan fingerprint density at radius 3 is 2.77 bits per heavy atom. The SMILES string of the molecule is CNC1C=C(c2cc(SC)ccc2OCC2CC2)C(O)=C1N. The van der Waals surface area contributed by atoms with Gasteiger partial charge in [-0.25, -0.2) is 0 Å². The van der Waals surface area contributed by atoms with Crippen molar-refractivity contribution in [2.24, 2.45) is 11.7 Å². The number of nitrogens with two attached hydrogens (primary N) is 1. The van der Waals surface area contributed by atoms with Crippen molar-refractivity contribution in [3.05, 3.63) is 41.3 Å². The van der Waals surface area contributed by atoms with Crippen LogP contribution in [-0.4, -0.2) is 31.1 Å². The van der Waals surface area contributed by atoms with E-state index >= 15 is 0 Å². The Morgan fingerprint density at radius 2 is 2.18 bits per heavy atom. The number of thioether (sulfide) groups is 1. The molecule has 4 nitrogen and oxygen atoms in total. The van der Waals surface area contributed by atoms with Gasteiger partial charge in [0.15, 0.2) is 0 Å². The largest absolute Gasteiger partial charge is 0.505 e. The van der Waals surface area contributed by atoms with E-state index in [9.17, 15) is 5.11 Å². The Bertz CT molecular complexity index is 636. The van der Waals surface area contributed by atoms with Gasteiger partial charge < -0.3 is 20.9 Å². The van der Waals surface area contributed by atoms with Crippen LogP contribution in [0, 0.1) is 5.92 Å². The molecule has 1 aromatic rings. The lowest BCUT2D eigenvalue weighted by Gasteiger charge is -2.14. The maximum absolute atomic E-state index is 10.4. The molecule has 0 heterocycles. The zero-order chi connectivity index (χ0) is 15.7. The van der Waals surface area contributed by atoms with Gasteiger partial charge in [0.05, 0.1) is 18.3 Å². The van der Waals surface area contributed by atoms with Gasteiger partial charge in [0.1, 0.15) is 11.5 Å². The van der Waals surface area contributed by atoms with E-state index < -0.39 is 0 Å². The number of hydrogen-bond donors (Lipinski definition) is 3. The van der Waals surface area contributed by atoms with Crippen LogP contribution in [-0.2, 0) is 0 Å². The van der Waals surface area contributed by atoms with Crippen molar-refractivity contribution >= 4 is 17.3 Å². The number of likely N-dealkylation sites (N-methyl/N-ethyl adjacent to an activating group) is 1. The van der Waals surface area contributed by atoms with Gasteiger partial charge in [-0.05, 0) is 56.3 Å². The molecule has 0 aliphatic heterocycles. The van der Waals surface area contributed by atoms with Gasteiger partial charge in [-0.1, -0.05) is 0 Å². The molecule has 0 spiro atoms. The van der Waals surface area contributed by atoms with Crippen LogP contribution in [0.1, 0.15) is 18.4 Å². The molecule has 4 N–H and O–H groups in total. The van der Waals surface area contributed by atoms with Crippen molar-refractivity contribution in [3.8, 4) is 5.75 Å². The Kier molecular flexibility index (Phi) is 4.36. The molecule has 1 atom stereocenters. The lowest BCUT2D eigenvalue weighted by molar-refractivity contribution is 0.298. The predicted octanol–water partition coefficient (Wildman–Crippen LogP) is 2.91. The normalized spacial score (nSPS) is 21.2. The Balaban J connectivity index is 1.96. The number of allylic oxidation sites excluding steroid dienone is 1. The zero-order valence-electron chi connectivity index (χ0n) is 12.9. The molecule has 0 aromatic heterocycles. The van der Waals surface area contributed by atoms with Crippen molar-refractivity contribution in [3.63, 3.8) is 0 Å². The molecule has 2 aliphatic rings. The monoisotopic (exact) mass is 318 g/mol. The summed E-state index contributed by atoms with van der Waals surface area (Å²) < 4.78 is 5.98. The first-order valence-electron chi connectivity index (χ1n) is 7.53. The standard InChI is InChI=1S/C17H22N2O2S/c1-19-14-8-13(17(20)16(14)18)12-7-11(22-2)5-6-15(12)21-9-10-3-4-10/h5-8,10,14,19-20H,3-4,9,18H2,1-2H3. The van der Waals surface area contributed by atoms with Crippen molar-refractivity contribution in [1.82, 2.24) is 5.32 Å². The van der Waals surface area contributed by atoms with E-state index in [1.807, 2.05) is 31.5 Å². The number of rotatable bonds is 6. The first kappa shape index (κ1) is 15.3. The van der Waals surface area contributed by atoms with E-state index in [1.54, 1.807) is 11.8 Å². The fourth-order valence-electron chi connectivity index (χ4n) is 2.56. The fraction of sp³-hybridized carbons (Fsp3) is 0.412. The van der Waals surface area contributed by atoms with Gasteiger partial charge in [-0.15, -0.1) is 11.8 Å². The molecule has 5 heteroatoms. The third-order valence-electron chi connectivity index (χ3n) is 4.16. The minimum Gasteiger partial charge on any atom is -0.505 e. The molecule has 118 valence electrons. The topological polar surface area (TPSA) is 67.5 Å². The van der Waals surface area contributed by atoms with Crippen LogP contribution >= 0.6 is 11.8 Å². The second-order valence-electron chi connectivity index (χ2n) is 5.77. The molecule has 1 fully saturated rings. The van der Waals surface area contributed by atoms with E-state index in [4.69, 9.17) is 10.5 Å². The summed E-state index contributed by atoms with van der Waals surface area (Å²) in [5.74, 6) is 1.64. The van der Waals surface area contributed by atoms with Gasteiger partial charge in [0.25, 0.3) is 0 Å². The third kappa shape index (κ3) is 2.96. The number of nitrogens with one attached hydrogen (secondary N) is 1. The Hall–Kier alpha value is -1.59. The van der Waals surface area contributed by atoms with Crippen LogP contribution in [0.4, 0.5) is 0 Å². The van der Waals surface area contributed by atoms with Gasteiger partial charge in [-0.3, -0.25) is 0 Å². The molecular weight excluding hydrogens is 296 g/mol. The molecule has 1 saturated carbocycles. The molecule has 3 rings (SSSR count). The van der Waals surface area contributed by atoms with Gasteiger partial charge >= 0.3 is 0 Å². The predicted molar refractivity (Wildman–Crippen MR) is 91.1 cm³/mol. The minimum atomic E-state index is -0.135. The van der Waals surface area contributed by atoms with E-state index in [1.165, 1.54) is 12.8 Å². The summed E-state index contributed by atoms with van der Waals surface area (Å²) in [4.78, 5) is 1.13. The quantitative estimate of drug-likeness (QED) is 0.704. The first-order valence-corrected chi connectivity index (χ1v) is 8.75. The van der Waals surface area contributed by atoms with Crippen molar-refractivity contribution in [2.75, 3.05) is 19.9 Å². The van der Waals surface area contributed by atoms with E-state index in [-0.39, 0.29) is 11.8 Å². The fourth-order valence-corrected chi connectivity index (χ4v) is 3.00. The van der Waals surface area contributed by atoms with Crippen LogP contribution in [0.2, 0.25) is 0 Å². The summed E-state index contributed by atoms with van der Waals surface area (Å²) in [5, 5.41) is 13.5. The molecular formula is C17H22N2O2S. The number of benzene rings is 1. The summed E-state index contributed by atoms with van der Waals surface area (Å²) in [6.07, 6.45) is 6.49. The summed E-state index contributed by atoms with van der Waals surface area (Å²) in [7, 11) is 1.83. The zero-order valence-corrected chi connectivity index (χ0v) is 13.7. The highest BCUT2D eigenvalue weighted by atomic mass is 32.2. The highest BCUT2D eigenvalue weighted by Gasteiger charge is 2.27. The van der Waals surface area contributed by atoms with Crippen LogP contribution in [0.15, 0.2) is 40.6 Å². The lowest BCUT2D eigenvalue weighted by atomic mass is 10.0. The number of aliphatic hydroxyl groups is 1. The van der Waals surface area contributed by atoms with E-state index in [0.29, 0.717) is 11.6 Å². The summed E-state index contributed by atoms with van der Waals surface area (Å²) in [6.45, 7) is 0.744. The highest BCUT2D eigenvalue weighted by Crippen LogP contribution is 2.38. The molecule has 1 unspecified atom stereocenters. The first-order chi connectivity index (χ1) is 10.6. The van der Waals surface area contributed by atoms with Crippen molar-refractivity contribution in [1.29, 1.82) is 0 Å². The number of ether oxygens (including phenoxy) is 1. The molecule has 0 bridgehead atoms. The second kappa shape index (κ2) is 6.26. The number of aliphatic hydroxyl groups excluding tert-OH is 1. The lowest BCUT2D eigenvalue weighted by Crippen LogP contribution is -2.27. The average Bonchev–Trinajstić information content (AvgIpc) is 3.32. The summed E-state index contributed by atoms with van der Waals surface area (Å²) in [5.41, 5.74) is 8.10. The van der Waals surface area contributed by atoms with Crippen LogP contribution in [0.5, 0.6) is 5.75 Å². The van der Waals surface area contributed by atoms with E-state index in [2.05, 4.69) is 11.4 Å². The molecule has 22 heavy (non-hydrogen) atoms.